The molecule has 28 heavy (non-hydrogen) atoms. The van der Waals surface area contributed by atoms with Crippen LogP contribution >= 0.6 is 11.8 Å². The Morgan fingerprint density at radius 3 is 2.61 bits per heavy atom. The van der Waals surface area contributed by atoms with Gasteiger partial charge in [-0.3, -0.25) is 0 Å². The molecule has 5 rings (SSSR count). The number of benzene rings is 2. The quantitative estimate of drug-likeness (QED) is 0.787. The van der Waals surface area contributed by atoms with Crippen LogP contribution in [0.3, 0.4) is 0 Å². The number of para-hydroxylation sites is 3. The van der Waals surface area contributed by atoms with Gasteiger partial charge in [-0.25, -0.2) is 4.99 Å². The van der Waals surface area contributed by atoms with Gasteiger partial charge >= 0.3 is 0 Å². The number of nitrogens with zero attached hydrogens (tertiary/aromatic N) is 2. The summed E-state index contributed by atoms with van der Waals surface area (Å²) in [6, 6.07) is 17.3. The van der Waals surface area contributed by atoms with Crippen molar-refractivity contribution in [3.63, 3.8) is 0 Å². The summed E-state index contributed by atoms with van der Waals surface area (Å²) in [6.45, 7) is 3.17. The van der Waals surface area contributed by atoms with Gasteiger partial charge in [0.2, 0.25) is 0 Å². The molecular weight excluding hydrogens is 364 g/mol. The van der Waals surface area contributed by atoms with Crippen LogP contribution in [-0.4, -0.2) is 36.0 Å². The normalized spacial score (nSPS) is 20.4. The lowest BCUT2D eigenvalue weighted by atomic mass is 9.88. The Morgan fingerprint density at radius 1 is 1.00 bits per heavy atom. The number of anilines is 2. The average Bonchev–Trinajstić information content (AvgIpc) is 3.28. The fraction of sp³-hybridized carbons (Fsp3) is 0.435. The molecule has 3 heterocycles. The van der Waals surface area contributed by atoms with Crippen molar-refractivity contribution in [1.29, 1.82) is 0 Å². The Hall–Kier alpha value is -2.14. The molecule has 4 nitrogen and oxygen atoms in total. The minimum Gasteiger partial charge on any atom is -0.371 e. The second kappa shape index (κ2) is 7.70. The molecule has 2 N–H and O–H groups in total. The number of aliphatic imine (C=N–C) groups is 1. The average molecular weight is 393 g/mol. The van der Waals surface area contributed by atoms with Crippen LogP contribution in [-0.2, 0) is 6.54 Å². The summed E-state index contributed by atoms with van der Waals surface area (Å²) in [6.07, 6.45) is 4.84. The van der Waals surface area contributed by atoms with Crippen LogP contribution < -0.4 is 15.5 Å². The molecule has 3 aliphatic heterocycles. The first kappa shape index (κ1) is 17.9. The molecule has 0 bridgehead atoms. The molecule has 0 unspecified atom stereocenters. The van der Waals surface area contributed by atoms with E-state index in [4.69, 9.17) is 4.99 Å². The van der Waals surface area contributed by atoms with Crippen molar-refractivity contribution in [3.8, 4) is 0 Å². The van der Waals surface area contributed by atoms with E-state index in [0.717, 1.165) is 36.6 Å². The van der Waals surface area contributed by atoms with Crippen molar-refractivity contribution >= 4 is 34.7 Å². The topological polar surface area (TPSA) is 39.7 Å². The predicted octanol–water partition coefficient (Wildman–Crippen LogP) is 4.80. The van der Waals surface area contributed by atoms with Crippen molar-refractivity contribution in [3.05, 3.63) is 54.1 Å². The number of thioether (sulfide) groups is 1. The Bertz CT molecular complexity index is 866. The Morgan fingerprint density at radius 2 is 1.75 bits per heavy atom. The monoisotopic (exact) mass is 392 g/mol. The molecular formula is C23H28N4S. The fourth-order valence-electron chi connectivity index (χ4n) is 4.62. The first-order valence-electron chi connectivity index (χ1n) is 10.4. The molecule has 5 heteroatoms. The number of nitrogens with one attached hydrogen (secondary N) is 2. The van der Waals surface area contributed by atoms with Gasteiger partial charge in [-0.05, 0) is 61.0 Å². The van der Waals surface area contributed by atoms with Crippen LogP contribution in [0.15, 0.2) is 53.5 Å². The predicted molar refractivity (Wildman–Crippen MR) is 121 cm³/mol. The first-order valence-corrected chi connectivity index (χ1v) is 11.6. The van der Waals surface area contributed by atoms with E-state index >= 15 is 0 Å². The minimum atomic E-state index is -0.0534. The van der Waals surface area contributed by atoms with Crippen molar-refractivity contribution in [2.45, 2.75) is 37.8 Å². The molecule has 2 saturated heterocycles. The second-order valence-electron chi connectivity index (χ2n) is 7.97. The number of hydrogen-bond acceptors (Lipinski definition) is 5. The third kappa shape index (κ3) is 3.37. The van der Waals surface area contributed by atoms with E-state index in [1.807, 2.05) is 0 Å². The molecule has 146 valence electrons. The van der Waals surface area contributed by atoms with Crippen molar-refractivity contribution in [2.75, 3.05) is 34.8 Å². The molecule has 0 aliphatic carbocycles. The zero-order chi connectivity index (χ0) is 18.8. The Labute approximate surface area is 171 Å². The number of amidine groups is 1. The lowest BCUT2D eigenvalue weighted by Crippen LogP contribution is -2.55. The van der Waals surface area contributed by atoms with Gasteiger partial charge in [0.05, 0.1) is 16.9 Å². The summed E-state index contributed by atoms with van der Waals surface area (Å²) in [7, 11) is 0. The van der Waals surface area contributed by atoms with E-state index in [2.05, 4.69) is 75.8 Å². The first-order chi connectivity index (χ1) is 13.8. The minimum absolute atomic E-state index is 0.0534. The number of fused-ring (bicyclic) bond motifs is 1. The van der Waals surface area contributed by atoms with Gasteiger partial charge in [-0.2, -0.15) is 11.8 Å². The molecule has 2 aromatic rings. The fourth-order valence-corrected chi connectivity index (χ4v) is 5.81. The summed E-state index contributed by atoms with van der Waals surface area (Å²) in [5, 5.41) is 7.61. The van der Waals surface area contributed by atoms with E-state index in [1.165, 1.54) is 48.7 Å². The summed E-state index contributed by atoms with van der Waals surface area (Å²) in [4.78, 5) is 7.61. The SMILES string of the molecule is c1ccc(N2CCCC2)c(CNC2=Nc3ccccc3NC23CCSCC3)c1. The molecule has 2 fully saturated rings. The zero-order valence-corrected chi connectivity index (χ0v) is 17.1. The molecule has 0 amide bonds. The van der Waals surface area contributed by atoms with Crippen molar-refractivity contribution in [2.24, 2.45) is 4.99 Å². The van der Waals surface area contributed by atoms with Crippen LogP contribution in [0.1, 0.15) is 31.2 Å². The second-order valence-corrected chi connectivity index (χ2v) is 9.20. The molecule has 0 atom stereocenters. The van der Waals surface area contributed by atoms with Gasteiger partial charge in [-0.1, -0.05) is 30.3 Å². The smallest absolute Gasteiger partial charge is 0.128 e. The Kier molecular flexibility index (Phi) is 4.93. The lowest BCUT2D eigenvalue weighted by molar-refractivity contribution is 0.543. The summed E-state index contributed by atoms with van der Waals surface area (Å²) >= 11 is 2.05. The van der Waals surface area contributed by atoms with Crippen LogP contribution in [0.5, 0.6) is 0 Å². The highest BCUT2D eigenvalue weighted by Gasteiger charge is 2.40. The maximum atomic E-state index is 5.08. The maximum absolute atomic E-state index is 5.08. The standard InChI is InChI=1S/C23H28N4S/c1-4-10-21(27-13-5-6-14-27)18(7-1)17-24-22-23(11-15-28-16-12-23)26-20-9-3-2-8-19(20)25-22/h1-4,7-10,26H,5-6,11-17H2,(H,24,25). The van der Waals surface area contributed by atoms with E-state index in [9.17, 15) is 0 Å². The van der Waals surface area contributed by atoms with Gasteiger partial charge in [0.15, 0.2) is 0 Å². The highest BCUT2D eigenvalue weighted by atomic mass is 32.2. The van der Waals surface area contributed by atoms with E-state index in [1.54, 1.807) is 0 Å². The molecule has 1 spiro atoms. The van der Waals surface area contributed by atoms with E-state index in [0.29, 0.717) is 0 Å². The third-order valence-electron chi connectivity index (χ3n) is 6.19. The van der Waals surface area contributed by atoms with Crippen LogP contribution in [0.2, 0.25) is 0 Å². The van der Waals surface area contributed by atoms with Crippen LogP contribution in [0.25, 0.3) is 0 Å². The number of rotatable bonds is 3. The molecule has 0 radical (unpaired) electrons. The van der Waals surface area contributed by atoms with Crippen molar-refractivity contribution in [1.82, 2.24) is 5.32 Å². The third-order valence-corrected chi connectivity index (χ3v) is 7.18. The lowest BCUT2D eigenvalue weighted by Gasteiger charge is -2.42. The largest absolute Gasteiger partial charge is 0.371 e. The Balaban J connectivity index is 1.42. The maximum Gasteiger partial charge on any atom is 0.128 e. The van der Waals surface area contributed by atoms with Crippen molar-refractivity contribution < 1.29 is 0 Å². The summed E-state index contributed by atoms with van der Waals surface area (Å²) in [5.74, 6) is 3.48. The van der Waals surface area contributed by atoms with Gasteiger partial charge < -0.3 is 15.5 Å². The molecule has 0 aromatic heterocycles. The number of hydrogen-bond donors (Lipinski definition) is 2. The summed E-state index contributed by atoms with van der Waals surface area (Å²) < 4.78 is 0. The van der Waals surface area contributed by atoms with Gasteiger partial charge in [0.25, 0.3) is 0 Å². The van der Waals surface area contributed by atoms with Gasteiger partial charge in [0.1, 0.15) is 5.84 Å². The van der Waals surface area contributed by atoms with Crippen LogP contribution in [0, 0.1) is 0 Å². The van der Waals surface area contributed by atoms with E-state index in [-0.39, 0.29) is 5.54 Å². The highest BCUT2D eigenvalue weighted by molar-refractivity contribution is 7.99. The summed E-state index contributed by atoms with van der Waals surface area (Å²) in [5.41, 5.74) is 4.90. The molecule has 3 aliphatic rings. The van der Waals surface area contributed by atoms with E-state index < -0.39 is 0 Å². The van der Waals surface area contributed by atoms with Gasteiger partial charge in [-0.15, -0.1) is 0 Å². The molecule has 2 aromatic carbocycles. The molecule has 0 saturated carbocycles. The zero-order valence-electron chi connectivity index (χ0n) is 16.3. The van der Waals surface area contributed by atoms with Gasteiger partial charge in [0, 0.05) is 25.3 Å². The highest BCUT2D eigenvalue weighted by Crippen LogP contribution is 2.39. The van der Waals surface area contributed by atoms with Crippen LogP contribution in [0.4, 0.5) is 17.1 Å².